The van der Waals surface area contributed by atoms with Crippen molar-refractivity contribution in [3.63, 3.8) is 0 Å². The van der Waals surface area contributed by atoms with Crippen LogP contribution in [-0.4, -0.2) is 24.0 Å². The summed E-state index contributed by atoms with van der Waals surface area (Å²) >= 11 is 0. The lowest BCUT2D eigenvalue weighted by Crippen LogP contribution is -2.23. The van der Waals surface area contributed by atoms with Crippen LogP contribution in [0.15, 0.2) is 72.9 Å². The van der Waals surface area contributed by atoms with Crippen molar-refractivity contribution in [3.8, 4) is 0 Å². The number of esters is 1. The molecule has 0 aliphatic carbocycles. The Balaban J connectivity index is 1.86. The Morgan fingerprint density at radius 3 is 2.54 bits per heavy atom. The molecule has 1 N–H and O–H groups in total. The molecule has 0 saturated carbocycles. The molecule has 142 valence electrons. The number of rotatable bonds is 6. The molecule has 3 rings (SSSR count). The number of aromatic nitrogens is 1. The molecule has 6 heteroatoms. The smallest absolute Gasteiger partial charge is 0.337 e. The second-order valence-corrected chi connectivity index (χ2v) is 6.19. The predicted molar refractivity (Wildman–Crippen MR) is 103 cm³/mol. The fourth-order valence-corrected chi connectivity index (χ4v) is 2.86. The van der Waals surface area contributed by atoms with Crippen LogP contribution in [-0.2, 0) is 16.0 Å². The molecular formula is C22H19FN2O3. The van der Waals surface area contributed by atoms with E-state index in [0.717, 1.165) is 5.69 Å². The first kappa shape index (κ1) is 19.2. The zero-order chi connectivity index (χ0) is 19.9. The standard InChI is InChI=1S/C22H19FN2O3/c1-28-22(27)16-5-4-7-19(13-16)25-21(26)20(14-18-6-2-3-12-24-18)15-8-10-17(23)11-9-15/h2-13,20H,14H2,1H3,(H,25,26). The van der Waals surface area contributed by atoms with E-state index in [0.29, 0.717) is 23.2 Å². The molecule has 1 unspecified atom stereocenters. The first-order chi connectivity index (χ1) is 13.6. The van der Waals surface area contributed by atoms with E-state index in [1.54, 1.807) is 48.7 Å². The van der Waals surface area contributed by atoms with Gasteiger partial charge in [-0.3, -0.25) is 9.78 Å². The number of anilines is 1. The molecule has 0 bridgehead atoms. The summed E-state index contributed by atoms with van der Waals surface area (Å²) in [5.74, 6) is -1.71. The average molecular weight is 378 g/mol. The zero-order valence-electron chi connectivity index (χ0n) is 15.3. The summed E-state index contributed by atoms with van der Waals surface area (Å²) in [5.41, 5.74) is 2.23. The molecule has 1 atom stereocenters. The average Bonchev–Trinajstić information content (AvgIpc) is 2.73. The number of carbonyl (C=O) groups is 2. The van der Waals surface area contributed by atoms with Gasteiger partial charge in [0.2, 0.25) is 5.91 Å². The number of hydrogen-bond acceptors (Lipinski definition) is 4. The third-order valence-corrected chi connectivity index (χ3v) is 4.28. The highest BCUT2D eigenvalue weighted by Gasteiger charge is 2.22. The van der Waals surface area contributed by atoms with Gasteiger partial charge in [0.05, 0.1) is 18.6 Å². The van der Waals surface area contributed by atoms with Gasteiger partial charge in [-0.15, -0.1) is 0 Å². The molecule has 0 aliphatic heterocycles. The number of halogens is 1. The number of pyridine rings is 1. The van der Waals surface area contributed by atoms with Gasteiger partial charge >= 0.3 is 5.97 Å². The third-order valence-electron chi connectivity index (χ3n) is 4.28. The summed E-state index contributed by atoms with van der Waals surface area (Å²) in [6.45, 7) is 0. The Bertz CT molecular complexity index is 959. The minimum Gasteiger partial charge on any atom is -0.465 e. The molecule has 3 aromatic rings. The third kappa shape index (κ3) is 4.79. The summed E-state index contributed by atoms with van der Waals surface area (Å²) in [7, 11) is 1.30. The van der Waals surface area contributed by atoms with Gasteiger partial charge in [-0.05, 0) is 48.0 Å². The van der Waals surface area contributed by atoms with Crippen LogP contribution in [0.1, 0.15) is 27.5 Å². The number of benzene rings is 2. The van der Waals surface area contributed by atoms with Crippen molar-refractivity contribution >= 4 is 17.6 Å². The Kier molecular flexibility index (Phi) is 6.11. The molecule has 1 heterocycles. The highest BCUT2D eigenvalue weighted by Crippen LogP contribution is 2.23. The summed E-state index contributed by atoms with van der Waals surface area (Å²) in [6.07, 6.45) is 2.02. The molecule has 5 nitrogen and oxygen atoms in total. The number of hydrogen-bond donors (Lipinski definition) is 1. The van der Waals surface area contributed by atoms with Crippen LogP contribution in [0.3, 0.4) is 0 Å². The molecule has 1 amide bonds. The lowest BCUT2D eigenvalue weighted by atomic mass is 9.93. The Morgan fingerprint density at radius 2 is 1.86 bits per heavy atom. The van der Waals surface area contributed by atoms with E-state index in [1.807, 2.05) is 12.1 Å². The highest BCUT2D eigenvalue weighted by atomic mass is 19.1. The van der Waals surface area contributed by atoms with Gasteiger partial charge in [-0.2, -0.15) is 0 Å². The monoisotopic (exact) mass is 378 g/mol. The van der Waals surface area contributed by atoms with Crippen LogP contribution < -0.4 is 5.32 Å². The van der Waals surface area contributed by atoms with Crippen LogP contribution in [0.4, 0.5) is 10.1 Å². The van der Waals surface area contributed by atoms with E-state index in [2.05, 4.69) is 10.3 Å². The summed E-state index contributed by atoms with van der Waals surface area (Å²) in [6, 6.07) is 17.8. The number of methoxy groups -OCH3 is 1. The normalized spacial score (nSPS) is 11.5. The van der Waals surface area contributed by atoms with Gasteiger partial charge in [0.25, 0.3) is 0 Å². The largest absolute Gasteiger partial charge is 0.465 e. The minimum absolute atomic E-state index is 0.278. The molecule has 0 fully saturated rings. The first-order valence-electron chi connectivity index (χ1n) is 8.71. The van der Waals surface area contributed by atoms with E-state index >= 15 is 0 Å². The van der Waals surface area contributed by atoms with Crippen molar-refractivity contribution in [2.45, 2.75) is 12.3 Å². The fraction of sp³-hybridized carbons (Fsp3) is 0.136. The van der Waals surface area contributed by atoms with Crippen molar-refractivity contribution in [1.29, 1.82) is 0 Å². The van der Waals surface area contributed by atoms with Gasteiger partial charge in [-0.25, -0.2) is 9.18 Å². The van der Waals surface area contributed by atoms with E-state index in [-0.39, 0.29) is 11.7 Å². The van der Waals surface area contributed by atoms with Crippen molar-refractivity contribution in [1.82, 2.24) is 4.98 Å². The summed E-state index contributed by atoms with van der Waals surface area (Å²) in [5, 5.41) is 2.83. The van der Waals surface area contributed by atoms with E-state index in [4.69, 9.17) is 4.74 Å². The van der Waals surface area contributed by atoms with Crippen molar-refractivity contribution in [2.75, 3.05) is 12.4 Å². The summed E-state index contributed by atoms with van der Waals surface area (Å²) in [4.78, 5) is 29.0. The van der Waals surface area contributed by atoms with E-state index < -0.39 is 11.9 Å². The second kappa shape index (κ2) is 8.90. The second-order valence-electron chi connectivity index (χ2n) is 6.19. The Labute approximate surface area is 162 Å². The number of nitrogens with one attached hydrogen (secondary N) is 1. The predicted octanol–water partition coefficient (Wildman–Crippen LogP) is 3.97. The maximum atomic E-state index is 13.3. The van der Waals surface area contributed by atoms with Crippen LogP contribution in [0.5, 0.6) is 0 Å². The highest BCUT2D eigenvalue weighted by molar-refractivity contribution is 5.97. The zero-order valence-corrected chi connectivity index (χ0v) is 15.3. The quantitative estimate of drug-likeness (QED) is 0.659. The molecular weight excluding hydrogens is 359 g/mol. The van der Waals surface area contributed by atoms with Crippen molar-refractivity contribution in [2.24, 2.45) is 0 Å². The molecule has 2 aromatic carbocycles. The van der Waals surface area contributed by atoms with Gasteiger partial charge in [0.15, 0.2) is 0 Å². The van der Waals surface area contributed by atoms with Gasteiger partial charge in [0, 0.05) is 24.0 Å². The topological polar surface area (TPSA) is 68.3 Å². The number of ether oxygens (including phenoxy) is 1. The van der Waals surface area contributed by atoms with Crippen LogP contribution in [0, 0.1) is 5.82 Å². The van der Waals surface area contributed by atoms with Crippen LogP contribution in [0.25, 0.3) is 0 Å². The Morgan fingerprint density at radius 1 is 1.07 bits per heavy atom. The van der Waals surface area contributed by atoms with Crippen molar-refractivity contribution in [3.05, 3.63) is 95.6 Å². The lowest BCUT2D eigenvalue weighted by Gasteiger charge is -2.17. The number of carbonyl (C=O) groups excluding carboxylic acids is 2. The molecule has 28 heavy (non-hydrogen) atoms. The SMILES string of the molecule is COC(=O)c1cccc(NC(=O)C(Cc2ccccn2)c2ccc(F)cc2)c1. The summed E-state index contributed by atoms with van der Waals surface area (Å²) < 4.78 is 18.0. The number of amides is 1. The van der Waals surface area contributed by atoms with Crippen LogP contribution in [0.2, 0.25) is 0 Å². The van der Waals surface area contributed by atoms with Crippen molar-refractivity contribution < 1.29 is 18.7 Å². The molecule has 0 aliphatic rings. The van der Waals surface area contributed by atoms with Crippen LogP contribution >= 0.6 is 0 Å². The van der Waals surface area contributed by atoms with Gasteiger partial charge in [0.1, 0.15) is 5.82 Å². The number of nitrogens with zero attached hydrogens (tertiary/aromatic N) is 1. The van der Waals surface area contributed by atoms with E-state index in [1.165, 1.54) is 19.2 Å². The van der Waals surface area contributed by atoms with Gasteiger partial charge < -0.3 is 10.1 Å². The lowest BCUT2D eigenvalue weighted by molar-refractivity contribution is -0.117. The molecule has 0 spiro atoms. The Hall–Kier alpha value is -3.54. The molecule has 0 radical (unpaired) electrons. The van der Waals surface area contributed by atoms with Gasteiger partial charge in [-0.1, -0.05) is 24.3 Å². The maximum Gasteiger partial charge on any atom is 0.337 e. The first-order valence-corrected chi connectivity index (χ1v) is 8.71. The molecule has 1 aromatic heterocycles. The minimum atomic E-state index is -0.572. The maximum absolute atomic E-state index is 13.3. The van der Waals surface area contributed by atoms with E-state index in [9.17, 15) is 14.0 Å². The molecule has 0 saturated heterocycles. The fourth-order valence-electron chi connectivity index (χ4n) is 2.86.